The fourth-order valence-electron chi connectivity index (χ4n) is 1.22. The molecule has 0 aliphatic heterocycles. The average Bonchev–Trinajstić information content (AvgIpc) is 2.71. The van der Waals surface area contributed by atoms with E-state index in [-0.39, 0.29) is 5.82 Å². The Morgan fingerprint density at radius 1 is 1.53 bits per heavy atom. The second-order valence-electron chi connectivity index (χ2n) is 3.26. The van der Waals surface area contributed by atoms with Crippen LogP contribution in [0.15, 0.2) is 25.8 Å². The number of nitrogens with two attached hydrogens (primary N) is 1. The molecule has 0 saturated carbocycles. The minimum absolute atomic E-state index is 0.300. The van der Waals surface area contributed by atoms with Crippen LogP contribution in [0.25, 0.3) is 0 Å². The molecule has 2 aromatic rings. The van der Waals surface area contributed by atoms with Gasteiger partial charge in [0.25, 0.3) is 0 Å². The van der Waals surface area contributed by atoms with Crippen LogP contribution in [0.2, 0.25) is 0 Å². The summed E-state index contributed by atoms with van der Waals surface area (Å²) in [6, 6.07) is 3.52. The lowest BCUT2D eigenvalue weighted by Gasteiger charge is -2.06. The van der Waals surface area contributed by atoms with Gasteiger partial charge >= 0.3 is 0 Å². The van der Waals surface area contributed by atoms with Gasteiger partial charge in [-0.05, 0) is 46.0 Å². The van der Waals surface area contributed by atoms with Crippen LogP contribution >= 0.6 is 39.2 Å². The van der Waals surface area contributed by atoms with E-state index >= 15 is 0 Å². The van der Waals surface area contributed by atoms with E-state index in [2.05, 4.69) is 25.3 Å². The third-order valence-corrected chi connectivity index (χ3v) is 4.79. The Hall–Kier alpha value is -0.500. The number of nitrogens with zero attached hydrogens (tertiary/aromatic N) is 2. The molecule has 7 heteroatoms. The van der Waals surface area contributed by atoms with Crippen molar-refractivity contribution in [1.29, 1.82) is 0 Å². The summed E-state index contributed by atoms with van der Waals surface area (Å²) >= 11 is 5.74. The number of benzene rings is 1. The predicted molar refractivity (Wildman–Crippen MR) is 70.8 cm³/mol. The number of halogens is 2. The lowest BCUT2D eigenvalue weighted by atomic mass is 10.2. The Bertz CT molecular complexity index is 544. The van der Waals surface area contributed by atoms with Crippen molar-refractivity contribution in [2.24, 2.45) is 5.73 Å². The summed E-state index contributed by atoms with van der Waals surface area (Å²) < 4.78 is 19.2. The molecule has 0 unspecified atom stereocenters. The largest absolute Gasteiger partial charge is 0.326 e. The normalized spacial score (nSPS) is 10.8. The van der Waals surface area contributed by atoms with E-state index in [1.165, 1.54) is 23.3 Å². The minimum Gasteiger partial charge on any atom is -0.326 e. The first-order valence-corrected chi connectivity index (χ1v) is 7.15. The molecule has 0 spiro atoms. The molecule has 0 bridgehead atoms. The molecular weight excluding hydrogens is 325 g/mol. The number of rotatable bonds is 3. The Labute approximate surface area is 115 Å². The Morgan fingerprint density at radius 2 is 2.29 bits per heavy atom. The summed E-state index contributed by atoms with van der Waals surface area (Å²) in [6.07, 6.45) is 0. The average molecular weight is 334 g/mol. The molecule has 3 nitrogen and oxygen atoms in total. The lowest BCUT2D eigenvalue weighted by molar-refractivity contribution is 0.592. The zero-order chi connectivity index (χ0) is 12.4. The van der Waals surface area contributed by atoms with Crippen LogP contribution in [0.3, 0.4) is 0 Å². The van der Waals surface area contributed by atoms with Gasteiger partial charge in [-0.25, -0.2) is 9.37 Å². The highest BCUT2D eigenvalue weighted by atomic mass is 79.9. The van der Waals surface area contributed by atoms with Gasteiger partial charge in [-0.3, -0.25) is 0 Å². The van der Waals surface area contributed by atoms with Crippen LogP contribution in [-0.2, 0) is 6.54 Å². The molecule has 1 heterocycles. The number of hydrogen-bond donors (Lipinski definition) is 1. The third kappa shape index (κ3) is 2.85. The zero-order valence-corrected chi connectivity index (χ0v) is 12.1. The molecule has 0 radical (unpaired) electrons. The van der Waals surface area contributed by atoms with E-state index in [1.54, 1.807) is 6.07 Å². The van der Waals surface area contributed by atoms with E-state index in [0.29, 0.717) is 21.7 Å². The van der Waals surface area contributed by atoms with Crippen molar-refractivity contribution < 1.29 is 4.39 Å². The Balaban J connectivity index is 2.31. The van der Waals surface area contributed by atoms with Crippen LogP contribution in [0.4, 0.5) is 4.39 Å². The molecule has 17 heavy (non-hydrogen) atoms. The molecule has 2 rings (SSSR count). The molecule has 0 amide bonds. The highest BCUT2D eigenvalue weighted by Gasteiger charge is 2.13. The van der Waals surface area contributed by atoms with Crippen LogP contribution < -0.4 is 5.73 Å². The molecule has 0 aliphatic rings. The van der Waals surface area contributed by atoms with Gasteiger partial charge in [-0.1, -0.05) is 17.8 Å². The maximum Gasteiger partial charge on any atom is 0.174 e. The van der Waals surface area contributed by atoms with Crippen LogP contribution in [0, 0.1) is 12.7 Å². The number of aromatic nitrogens is 2. The van der Waals surface area contributed by atoms with Gasteiger partial charge < -0.3 is 5.73 Å². The monoisotopic (exact) mass is 333 g/mol. The van der Waals surface area contributed by atoms with E-state index < -0.39 is 0 Å². The number of hydrogen-bond acceptors (Lipinski definition) is 5. The second kappa shape index (κ2) is 5.43. The van der Waals surface area contributed by atoms with E-state index in [0.717, 1.165) is 9.90 Å². The van der Waals surface area contributed by atoms with Gasteiger partial charge in [-0.2, -0.15) is 4.37 Å². The molecule has 0 fully saturated rings. The van der Waals surface area contributed by atoms with Crippen LogP contribution in [0.1, 0.15) is 11.4 Å². The molecule has 0 atom stereocenters. The van der Waals surface area contributed by atoms with Crippen molar-refractivity contribution in [3.8, 4) is 0 Å². The standard InChI is InChI=1S/C10H9BrFN3S2/c1-5-14-10(17-15-5)16-7-3-2-6(4-13)8(11)9(7)12/h2-3H,4,13H2,1H3. The summed E-state index contributed by atoms with van der Waals surface area (Å²) in [5, 5.41) is 0. The van der Waals surface area contributed by atoms with Gasteiger partial charge in [0, 0.05) is 6.54 Å². The van der Waals surface area contributed by atoms with Gasteiger partial charge in [0.05, 0.1) is 9.37 Å². The molecule has 90 valence electrons. The van der Waals surface area contributed by atoms with E-state index in [4.69, 9.17) is 5.73 Å². The molecular formula is C10H9BrFN3S2. The molecule has 1 aromatic heterocycles. The second-order valence-corrected chi connectivity index (χ2v) is 6.10. The first kappa shape index (κ1) is 12.9. The van der Waals surface area contributed by atoms with Gasteiger partial charge in [0.2, 0.25) is 0 Å². The van der Waals surface area contributed by atoms with Crippen LogP contribution in [0.5, 0.6) is 0 Å². The van der Waals surface area contributed by atoms with Crippen molar-refractivity contribution in [1.82, 2.24) is 9.36 Å². The predicted octanol–water partition coefficient (Wildman–Crippen LogP) is 3.36. The molecule has 1 aromatic carbocycles. The summed E-state index contributed by atoms with van der Waals surface area (Å²) in [4.78, 5) is 4.70. The van der Waals surface area contributed by atoms with Gasteiger partial charge in [0.15, 0.2) is 10.2 Å². The van der Waals surface area contributed by atoms with Crippen molar-refractivity contribution in [2.75, 3.05) is 0 Å². The van der Waals surface area contributed by atoms with Gasteiger partial charge in [0.1, 0.15) is 5.82 Å². The minimum atomic E-state index is -0.300. The lowest BCUT2D eigenvalue weighted by Crippen LogP contribution is -1.99. The van der Waals surface area contributed by atoms with Crippen LogP contribution in [-0.4, -0.2) is 9.36 Å². The number of aryl methyl sites for hydroxylation is 1. The first-order valence-electron chi connectivity index (χ1n) is 4.77. The fraction of sp³-hybridized carbons (Fsp3) is 0.200. The fourth-order valence-corrected chi connectivity index (χ4v) is 3.51. The maximum atomic E-state index is 14.0. The van der Waals surface area contributed by atoms with Crippen molar-refractivity contribution in [3.05, 3.63) is 33.8 Å². The first-order chi connectivity index (χ1) is 8.11. The maximum absolute atomic E-state index is 14.0. The van der Waals surface area contributed by atoms with Crippen molar-refractivity contribution in [2.45, 2.75) is 22.7 Å². The quantitative estimate of drug-likeness (QED) is 0.935. The molecule has 2 N–H and O–H groups in total. The SMILES string of the molecule is Cc1nsc(Sc2ccc(CN)c(Br)c2F)n1. The van der Waals surface area contributed by atoms with E-state index in [1.807, 2.05) is 13.0 Å². The Morgan fingerprint density at radius 3 is 2.88 bits per heavy atom. The Kier molecular flexibility index (Phi) is 4.13. The van der Waals surface area contributed by atoms with Gasteiger partial charge in [-0.15, -0.1) is 0 Å². The summed E-state index contributed by atoms with van der Waals surface area (Å²) in [6.45, 7) is 2.12. The van der Waals surface area contributed by atoms with E-state index in [9.17, 15) is 4.39 Å². The van der Waals surface area contributed by atoms with Crippen molar-refractivity contribution in [3.63, 3.8) is 0 Å². The summed E-state index contributed by atoms with van der Waals surface area (Å²) in [7, 11) is 0. The summed E-state index contributed by atoms with van der Waals surface area (Å²) in [5.41, 5.74) is 6.25. The smallest absolute Gasteiger partial charge is 0.174 e. The molecule has 0 saturated heterocycles. The highest BCUT2D eigenvalue weighted by Crippen LogP contribution is 2.35. The highest BCUT2D eigenvalue weighted by molar-refractivity contribution is 9.10. The molecule has 0 aliphatic carbocycles. The third-order valence-electron chi connectivity index (χ3n) is 2.05. The topological polar surface area (TPSA) is 51.8 Å². The van der Waals surface area contributed by atoms with Crippen molar-refractivity contribution >= 4 is 39.2 Å². The zero-order valence-electron chi connectivity index (χ0n) is 8.91. The summed E-state index contributed by atoms with van der Waals surface area (Å²) in [5.74, 6) is 0.404.